The van der Waals surface area contributed by atoms with Gasteiger partial charge < -0.3 is 19.5 Å². The molecular formula is C22H22N2O4S2. The van der Waals surface area contributed by atoms with Gasteiger partial charge in [0.2, 0.25) is 5.91 Å². The van der Waals surface area contributed by atoms with Crippen molar-refractivity contribution in [2.45, 2.75) is 12.7 Å². The van der Waals surface area contributed by atoms with Crippen LogP contribution in [0.15, 0.2) is 47.8 Å². The molecule has 1 N–H and O–H groups in total. The molecule has 0 atom stereocenters. The average Bonchev–Trinajstić information content (AvgIpc) is 3.23. The lowest BCUT2D eigenvalue weighted by Crippen LogP contribution is -2.17. The zero-order chi connectivity index (χ0) is 20.8. The molecule has 0 radical (unpaired) electrons. The van der Waals surface area contributed by atoms with Crippen LogP contribution in [0.5, 0.6) is 17.2 Å². The number of hydrogen-bond donors (Lipinski definition) is 1. The summed E-state index contributed by atoms with van der Waals surface area (Å²) < 4.78 is 16.5. The molecule has 6 nitrogen and oxygen atoms in total. The zero-order valence-corrected chi connectivity index (χ0v) is 18.2. The number of thioether (sulfide) groups is 1. The van der Waals surface area contributed by atoms with E-state index in [0.29, 0.717) is 48.5 Å². The summed E-state index contributed by atoms with van der Waals surface area (Å²) in [5.74, 6) is 3.21. The summed E-state index contributed by atoms with van der Waals surface area (Å²) in [5, 5.41) is 5.91. The number of ether oxygens (including phenoxy) is 3. The third kappa shape index (κ3) is 5.25. The van der Waals surface area contributed by atoms with Crippen LogP contribution < -0.4 is 19.5 Å². The van der Waals surface area contributed by atoms with Crippen molar-refractivity contribution in [3.05, 3.63) is 53.5 Å². The van der Waals surface area contributed by atoms with Gasteiger partial charge in [0.05, 0.1) is 18.1 Å². The van der Waals surface area contributed by atoms with Gasteiger partial charge in [-0.05, 0) is 43.3 Å². The Balaban J connectivity index is 1.26. The van der Waals surface area contributed by atoms with E-state index in [1.807, 2.05) is 48.7 Å². The van der Waals surface area contributed by atoms with Crippen molar-refractivity contribution in [3.63, 3.8) is 0 Å². The Morgan fingerprint density at radius 2 is 1.97 bits per heavy atom. The second kappa shape index (κ2) is 9.86. The molecule has 2 aromatic carbocycles. The van der Waals surface area contributed by atoms with E-state index in [9.17, 15) is 4.79 Å². The molecule has 0 fully saturated rings. The SMILES string of the molecule is CCOc1ccc(-c2nc(CSCC(=O)Nc3ccc4c(c3)OCCO4)cs2)cc1. The van der Waals surface area contributed by atoms with Crippen LogP contribution in [0.1, 0.15) is 12.6 Å². The number of aromatic nitrogens is 1. The molecule has 3 aromatic rings. The largest absolute Gasteiger partial charge is 0.494 e. The summed E-state index contributed by atoms with van der Waals surface area (Å²) in [5.41, 5.74) is 2.74. The molecule has 0 unspecified atom stereocenters. The molecule has 1 amide bonds. The number of fused-ring (bicyclic) bond motifs is 1. The molecule has 1 aliphatic rings. The monoisotopic (exact) mass is 442 g/mol. The highest BCUT2D eigenvalue weighted by molar-refractivity contribution is 7.99. The van der Waals surface area contributed by atoms with Crippen LogP contribution in [0.25, 0.3) is 10.6 Å². The maximum Gasteiger partial charge on any atom is 0.234 e. The number of anilines is 1. The van der Waals surface area contributed by atoms with Crippen LogP contribution in [0.3, 0.4) is 0 Å². The second-order valence-electron chi connectivity index (χ2n) is 6.50. The average molecular weight is 443 g/mol. The van der Waals surface area contributed by atoms with E-state index in [-0.39, 0.29) is 5.91 Å². The minimum atomic E-state index is -0.0568. The number of carbonyl (C=O) groups is 1. The standard InChI is InChI=1S/C22H22N2O4S2/c1-2-26-18-6-3-15(4-7-18)22-24-17(13-30-22)12-29-14-21(25)23-16-5-8-19-20(11-16)28-10-9-27-19/h3-8,11,13H,2,9-10,12,14H2,1H3,(H,23,25). The highest BCUT2D eigenvalue weighted by Gasteiger charge is 2.13. The Labute approximate surface area is 183 Å². The van der Waals surface area contributed by atoms with Crippen LogP contribution in [0.4, 0.5) is 5.69 Å². The van der Waals surface area contributed by atoms with Crippen molar-refractivity contribution < 1.29 is 19.0 Å². The summed E-state index contributed by atoms with van der Waals surface area (Å²) in [4.78, 5) is 16.9. The molecular weight excluding hydrogens is 420 g/mol. The normalized spacial score (nSPS) is 12.4. The third-order valence-corrected chi connectivity index (χ3v) is 6.18. The number of hydrogen-bond acceptors (Lipinski definition) is 7. The fraction of sp³-hybridized carbons (Fsp3) is 0.273. The lowest BCUT2D eigenvalue weighted by Gasteiger charge is -2.18. The molecule has 1 aliphatic heterocycles. The quantitative estimate of drug-likeness (QED) is 0.538. The van der Waals surface area contributed by atoms with E-state index in [1.54, 1.807) is 17.4 Å². The van der Waals surface area contributed by atoms with Crippen LogP contribution in [-0.2, 0) is 10.5 Å². The van der Waals surface area contributed by atoms with Crippen molar-refractivity contribution >= 4 is 34.7 Å². The van der Waals surface area contributed by atoms with Gasteiger partial charge in [-0.1, -0.05) is 0 Å². The topological polar surface area (TPSA) is 69.7 Å². The number of nitrogens with zero attached hydrogens (tertiary/aromatic N) is 1. The van der Waals surface area contributed by atoms with E-state index in [0.717, 1.165) is 22.0 Å². The molecule has 0 saturated heterocycles. The van der Waals surface area contributed by atoms with Gasteiger partial charge in [0.25, 0.3) is 0 Å². The van der Waals surface area contributed by atoms with Gasteiger partial charge in [-0.15, -0.1) is 23.1 Å². The van der Waals surface area contributed by atoms with Gasteiger partial charge >= 0.3 is 0 Å². The predicted octanol–water partition coefficient (Wildman–Crippen LogP) is 4.85. The van der Waals surface area contributed by atoms with Crippen molar-refractivity contribution in [1.82, 2.24) is 4.98 Å². The Kier molecular flexibility index (Phi) is 6.76. The summed E-state index contributed by atoms with van der Waals surface area (Å²) in [6.45, 7) is 3.69. The highest BCUT2D eigenvalue weighted by Crippen LogP contribution is 2.32. The van der Waals surface area contributed by atoms with E-state index in [4.69, 9.17) is 14.2 Å². The third-order valence-electron chi connectivity index (χ3n) is 4.27. The Morgan fingerprint density at radius 1 is 1.17 bits per heavy atom. The van der Waals surface area contributed by atoms with E-state index in [2.05, 4.69) is 10.3 Å². The molecule has 30 heavy (non-hydrogen) atoms. The van der Waals surface area contributed by atoms with Gasteiger partial charge in [0, 0.05) is 28.5 Å². The summed E-state index contributed by atoms with van der Waals surface area (Å²) >= 11 is 3.14. The van der Waals surface area contributed by atoms with Crippen molar-refractivity contribution in [3.8, 4) is 27.8 Å². The minimum absolute atomic E-state index is 0.0568. The number of nitrogens with one attached hydrogen (secondary N) is 1. The molecule has 1 aromatic heterocycles. The molecule has 0 saturated carbocycles. The van der Waals surface area contributed by atoms with Crippen molar-refractivity contribution in [2.24, 2.45) is 0 Å². The summed E-state index contributed by atoms with van der Waals surface area (Å²) in [6, 6.07) is 13.4. The van der Waals surface area contributed by atoms with Crippen LogP contribution >= 0.6 is 23.1 Å². The molecule has 0 aliphatic carbocycles. The maximum absolute atomic E-state index is 12.2. The second-order valence-corrected chi connectivity index (χ2v) is 8.34. The van der Waals surface area contributed by atoms with Gasteiger partial charge in [-0.3, -0.25) is 4.79 Å². The van der Waals surface area contributed by atoms with Crippen LogP contribution in [0.2, 0.25) is 0 Å². The molecule has 2 heterocycles. The Hall–Kier alpha value is -2.71. The highest BCUT2D eigenvalue weighted by atomic mass is 32.2. The van der Waals surface area contributed by atoms with Gasteiger partial charge in [0.1, 0.15) is 24.0 Å². The first-order valence-corrected chi connectivity index (χ1v) is 11.7. The smallest absolute Gasteiger partial charge is 0.234 e. The van der Waals surface area contributed by atoms with E-state index < -0.39 is 0 Å². The van der Waals surface area contributed by atoms with Crippen molar-refractivity contribution in [1.29, 1.82) is 0 Å². The number of carbonyl (C=O) groups excluding carboxylic acids is 1. The fourth-order valence-electron chi connectivity index (χ4n) is 2.93. The Morgan fingerprint density at radius 3 is 2.77 bits per heavy atom. The number of rotatable bonds is 8. The number of amides is 1. The van der Waals surface area contributed by atoms with Gasteiger partial charge in [0.15, 0.2) is 11.5 Å². The van der Waals surface area contributed by atoms with Gasteiger partial charge in [-0.25, -0.2) is 4.98 Å². The van der Waals surface area contributed by atoms with Gasteiger partial charge in [-0.2, -0.15) is 0 Å². The van der Waals surface area contributed by atoms with E-state index >= 15 is 0 Å². The summed E-state index contributed by atoms with van der Waals surface area (Å²) in [6.07, 6.45) is 0. The molecule has 156 valence electrons. The molecule has 0 bridgehead atoms. The minimum Gasteiger partial charge on any atom is -0.494 e. The molecule has 0 spiro atoms. The predicted molar refractivity (Wildman–Crippen MR) is 121 cm³/mol. The molecule has 4 rings (SSSR count). The first-order chi connectivity index (χ1) is 14.7. The number of thiazole rings is 1. The summed E-state index contributed by atoms with van der Waals surface area (Å²) in [7, 11) is 0. The van der Waals surface area contributed by atoms with Crippen molar-refractivity contribution in [2.75, 3.05) is 30.9 Å². The first kappa shape index (κ1) is 20.6. The fourth-order valence-corrected chi connectivity index (χ4v) is 4.58. The lowest BCUT2D eigenvalue weighted by molar-refractivity contribution is -0.113. The maximum atomic E-state index is 12.2. The first-order valence-electron chi connectivity index (χ1n) is 9.66. The number of benzene rings is 2. The Bertz CT molecular complexity index is 1000. The zero-order valence-electron chi connectivity index (χ0n) is 16.6. The molecule has 8 heteroatoms. The van der Waals surface area contributed by atoms with Crippen LogP contribution in [0, 0.1) is 0 Å². The lowest BCUT2D eigenvalue weighted by atomic mass is 10.2. The van der Waals surface area contributed by atoms with Crippen LogP contribution in [-0.4, -0.2) is 36.5 Å². The van der Waals surface area contributed by atoms with E-state index in [1.165, 1.54) is 11.8 Å².